The van der Waals surface area contributed by atoms with Crippen LogP contribution >= 0.6 is 30.5 Å². The predicted molar refractivity (Wildman–Crippen MR) is 110 cm³/mol. The van der Waals surface area contributed by atoms with Gasteiger partial charge in [-0.3, -0.25) is 9.36 Å². The Balaban J connectivity index is 1.87. The molecule has 0 bridgehead atoms. The molecule has 2 aromatic carbocycles. The number of carbonyl (C=O) groups excluding carboxylic acids is 1. The number of fused-ring (bicyclic) bond motifs is 1. The van der Waals surface area contributed by atoms with E-state index in [-0.39, 0.29) is 0 Å². The molecule has 1 atom stereocenters. The molecule has 29 heavy (non-hydrogen) atoms. The Hall–Kier alpha value is -2.09. The lowest BCUT2D eigenvalue weighted by Gasteiger charge is -2.16. The van der Waals surface area contributed by atoms with Crippen molar-refractivity contribution >= 4 is 52.6 Å². The summed E-state index contributed by atoms with van der Waals surface area (Å²) in [5, 5.41) is 5.19. The smallest absolute Gasteiger partial charge is 0.326 e. The quantitative estimate of drug-likeness (QED) is 0.460. The first-order valence-corrected chi connectivity index (χ1v) is 11.3. The van der Waals surface area contributed by atoms with Crippen molar-refractivity contribution in [1.29, 1.82) is 0 Å². The van der Waals surface area contributed by atoms with Crippen LogP contribution in [0.3, 0.4) is 0 Å². The van der Waals surface area contributed by atoms with Gasteiger partial charge in [0.05, 0.1) is 12.1 Å². The standard InChI is InChI=1S/C19H15ClF2NO4PS/c20-12-2-4-18-13(8-12)15(10-29-18)14(9-28(25,26)27)19(24)23-6-5-11-1-3-16(21)17(22)7-11/h1-8,10,14H,9H2,(H,23,24)(H2,25,26,27)/b6-5+. The first-order chi connectivity index (χ1) is 13.6. The van der Waals surface area contributed by atoms with E-state index >= 15 is 0 Å². The third-order valence-corrected chi connectivity index (χ3v) is 6.18. The highest BCUT2D eigenvalue weighted by atomic mass is 35.5. The Kier molecular flexibility index (Phi) is 6.51. The van der Waals surface area contributed by atoms with Gasteiger partial charge in [-0.25, -0.2) is 8.78 Å². The number of amides is 1. The van der Waals surface area contributed by atoms with Gasteiger partial charge >= 0.3 is 7.60 Å². The molecule has 0 aliphatic rings. The van der Waals surface area contributed by atoms with Crippen LogP contribution in [0.25, 0.3) is 16.2 Å². The van der Waals surface area contributed by atoms with Crippen LogP contribution in [0.15, 0.2) is 48.0 Å². The molecule has 3 rings (SSSR count). The summed E-state index contributed by atoms with van der Waals surface area (Å²) in [7, 11) is -4.51. The normalized spacial score (nSPS) is 13.1. The molecule has 0 radical (unpaired) electrons. The largest absolute Gasteiger partial charge is 0.332 e. The SMILES string of the molecule is O=C(N/C=C/c1ccc(F)c(F)c1)C(CP(=O)(O)O)c1csc2ccc(Cl)cc12. The van der Waals surface area contributed by atoms with Crippen molar-refractivity contribution in [3.63, 3.8) is 0 Å². The van der Waals surface area contributed by atoms with Gasteiger partial charge in [0.2, 0.25) is 5.91 Å². The maximum atomic E-state index is 13.3. The van der Waals surface area contributed by atoms with Gasteiger partial charge in [-0.15, -0.1) is 11.3 Å². The Labute approximate surface area is 173 Å². The minimum absolute atomic E-state index is 0.309. The lowest BCUT2D eigenvalue weighted by molar-refractivity contribution is -0.121. The van der Waals surface area contributed by atoms with Crippen LogP contribution in [-0.4, -0.2) is 21.9 Å². The first-order valence-electron chi connectivity index (χ1n) is 8.27. The third kappa shape index (κ3) is 5.50. The van der Waals surface area contributed by atoms with E-state index in [1.807, 2.05) is 0 Å². The van der Waals surface area contributed by atoms with Gasteiger partial charge in [0.15, 0.2) is 11.6 Å². The van der Waals surface area contributed by atoms with E-state index in [0.717, 1.165) is 16.8 Å². The Bertz CT molecular complexity index is 1140. The van der Waals surface area contributed by atoms with E-state index in [9.17, 15) is 27.9 Å². The number of benzene rings is 2. The number of rotatable bonds is 6. The molecule has 0 saturated carbocycles. The number of carbonyl (C=O) groups is 1. The number of halogens is 3. The maximum Gasteiger partial charge on any atom is 0.326 e. The molecule has 5 nitrogen and oxygen atoms in total. The van der Waals surface area contributed by atoms with E-state index in [2.05, 4.69) is 5.32 Å². The molecule has 0 fully saturated rings. The van der Waals surface area contributed by atoms with Gasteiger partial charge in [-0.1, -0.05) is 17.7 Å². The molecule has 3 N–H and O–H groups in total. The van der Waals surface area contributed by atoms with Crippen molar-refractivity contribution < 1.29 is 27.9 Å². The molecule has 1 unspecified atom stereocenters. The van der Waals surface area contributed by atoms with Crippen LogP contribution in [0.5, 0.6) is 0 Å². The Morgan fingerprint density at radius 3 is 2.66 bits per heavy atom. The summed E-state index contributed by atoms with van der Waals surface area (Å²) >= 11 is 7.35. The number of hydrogen-bond donors (Lipinski definition) is 3. The lowest BCUT2D eigenvalue weighted by atomic mass is 9.99. The number of nitrogens with one attached hydrogen (secondary N) is 1. The van der Waals surface area contributed by atoms with Crippen LogP contribution < -0.4 is 5.32 Å². The van der Waals surface area contributed by atoms with Crippen molar-refractivity contribution in [3.8, 4) is 0 Å². The fourth-order valence-corrected chi connectivity index (χ4v) is 4.79. The highest BCUT2D eigenvalue weighted by Crippen LogP contribution is 2.43. The summed E-state index contributed by atoms with van der Waals surface area (Å²) in [4.78, 5) is 31.6. The number of hydrogen-bond acceptors (Lipinski definition) is 3. The van der Waals surface area contributed by atoms with Gasteiger partial charge in [0, 0.05) is 15.9 Å². The number of thiophene rings is 1. The van der Waals surface area contributed by atoms with E-state index in [0.29, 0.717) is 21.5 Å². The monoisotopic (exact) mass is 457 g/mol. The second kappa shape index (κ2) is 8.73. The van der Waals surface area contributed by atoms with Crippen LogP contribution in [0.4, 0.5) is 8.78 Å². The molecular weight excluding hydrogens is 443 g/mol. The molecule has 10 heteroatoms. The van der Waals surface area contributed by atoms with Crippen molar-refractivity contribution in [3.05, 3.63) is 75.8 Å². The molecule has 0 spiro atoms. The molecular formula is C19H15ClF2NO4PS. The van der Waals surface area contributed by atoms with Crippen molar-refractivity contribution in [2.24, 2.45) is 0 Å². The summed E-state index contributed by atoms with van der Waals surface area (Å²) < 4.78 is 38.7. The van der Waals surface area contributed by atoms with E-state index in [1.54, 1.807) is 23.6 Å². The van der Waals surface area contributed by atoms with E-state index in [1.165, 1.54) is 29.7 Å². The van der Waals surface area contributed by atoms with Crippen LogP contribution in [0, 0.1) is 11.6 Å². The van der Waals surface area contributed by atoms with Crippen molar-refractivity contribution in [2.75, 3.05) is 6.16 Å². The Morgan fingerprint density at radius 2 is 1.97 bits per heavy atom. The maximum absolute atomic E-state index is 13.3. The topological polar surface area (TPSA) is 86.6 Å². The summed E-state index contributed by atoms with van der Waals surface area (Å²) in [5.41, 5.74) is 0.762. The third-order valence-electron chi connectivity index (χ3n) is 4.12. The molecule has 0 aliphatic heterocycles. The lowest BCUT2D eigenvalue weighted by Crippen LogP contribution is -2.27. The second-order valence-corrected chi connectivity index (χ2v) is 9.29. The van der Waals surface area contributed by atoms with Crippen LogP contribution in [0.2, 0.25) is 5.02 Å². The summed E-state index contributed by atoms with van der Waals surface area (Å²) in [5.74, 6) is -3.79. The minimum Gasteiger partial charge on any atom is -0.332 e. The molecule has 1 heterocycles. The summed E-state index contributed by atoms with van der Waals surface area (Å²) in [6.07, 6.45) is 1.87. The van der Waals surface area contributed by atoms with Gasteiger partial charge < -0.3 is 15.1 Å². The fraction of sp³-hybridized carbons (Fsp3) is 0.105. The zero-order chi connectivity index (χ0) is 21.2. The summed E-state index contributed by atoms with van der Waals surface area (Å²) in [6.45, 7) is 0. The Morgan fingerprint density at radius 1 is 1.21 bits per heavy atom. The summed E-state index contributed by atoms with van der Waals surface area (Å²) in [6, 6.07) is 8.32. The molecule has 152 valence electrons. The fourth-order valence-electron chi connectivity index (χ4n) is 2.79. The molecule has 3 aromatic rings. The van der Waals surface area contributed by atoms with Gasteiger partial charge in [0.1, 0.15) is 0 Å². The van der Waals surface area contributed by atoms with Gasteiger partial charge in [-0.05, 0) is 58.3 Å². The highest BCUT2D eigenvalue weighted by molar-refractivity contribution is 7.51. The second-order valence-electron chi connectivity index (χ2n) is 6.25. The molecule has 0 aliphatic carbocycles. The van der Waals surface area contributed by atoms with Crippen molar-refractivity contribution in [2.45, 2.75) is 5.92 Å². The van der Waals surface area contributed by atoms with Crippen LogP contribution in [0.1, 0.15) is 17.0 Å². The van der Waals surface area contributed by atoms with E-state index < -0.39 is 37.2 Å². The average Bonchev–Trinajstić information content (AvgIpc) is 3.04. The molecule has 0 saturated heterocycles. The zero-order valence-corrected chi connectivity index (χ0v) is 17.1. The van der Waals surface area contributed by atoms with Gasteiger partial charge in [0.25, 0.3) is 0 Å². The average molecular weight is 458 g/mol. The molecule has 1 amide bonds. The highest BCUT2D eigenvalue weighted by Gasteiger charge is 2.30. The predicted octanol–water partition coefficient (Wildman–Crippen LogP) is 4.88. The minimum atomic E-state index is -4.51. The zero-order valence-electron chi connectivity index (χ0n) is 14.7. The molecule has 1 aromatic heterocycles. The van der Waals surface area contributed by atoms with E-state index in [4.69, 9.17) is 11.6 Å². The van der Waals surface area contributed by atoms with Crippen molar-refractivity contribution in [1.82, 2.24) is 5.32 Å². The first kappa shape index (κ1) is 21.6. The van der Waals surface area contributed by atoms with Crippen LogP contribution in [-0.2, 0) is 9.36 Å². The van der Waals surface area contributed by atoms with Gasteiger partial charge in [-0.2, -0.15) is 0 Å².